The number of nitrogens with one attached hydrogen (secondary N) is 2. The highest BCUT2D eigenvalue weighted by Gasteiger charge is 2.08. The third-order valence-electron chi connectivity index (χ3n) is 3.04. The number of aromatic nitrogens is 3. The number of anilines is 2. The molecule has 4 N–H and O–H groups in total. The van der Waals surface area contributed by atoms with Gasteiger partial charge in [0, 0.05) is 42.8 Å². The maximum atomic E-state index is 5.32. The highest BCUT2D eigenvalue weighted by atomic mass is 15.3. The SMILES string of the molecule is Cc1nn(C)c(C)c1CNc1ccnc(NN)c1. The molecule has 18 heavy (non-hydrogen) atoms. The van der Waals surface area contributed by atoms with Crippen LogP contribution in [-0.4, -0.2) is 14.8 Å². The van der Waals surface area contributed by atoms with Gasteiger partial charge in [-0.05, 0) is 19.9 Å². The second-order valence-corrected chi connectivity index (χ2v) is 4.20. The van der Waals surface area contributed by atoms with Gasteiger partial charge in [-0.25, -0.2) is 10.8 Å². The van der Waals surface area contributed by atoms with Crippen molar-refractivity contribution in [3.63, 3.8) is 0 Å². The lowest BCUT2D eigenvalue weighted by Crippen LogP contribution is -2.09. The molecule has 0 fully saturated rings. The third-order valence-corrected chi connectivity index (χ3v) is 3.04. The Morgan fingerprint density at radius 3 is 2.78 bits per heavy atom. The van der Waals surface area contributed by atoms with E-state index in [4.69, 9.17) is 5.84 Å². The van der Waals surface area contributed by atoms with Gasteiger partial charge in [-0.1, -0.05) is 0 Å². The molecule has 0 amide bonds. The summed E-state index contributed by atoms with van der Waals surface area (Å²) in [5.41, 5.74) is 6.94. The first-order chi connectivity index (χ1) is 8.61. The number of nitrogen functional groups attached to an aromatic ring is 1. The summed E-state index contributed by atoms with van der Waals surface area (Å²) >= 11 is 0. The molecule has 0 spiro atoms. The second-order valence-electron chi connectivity index (χ2n) is 4.20. The largest absolute Gasteiger partial charge is 0.381 e. The van der Waals surface area contributed by atoms with Crippen LogP contribution in [0.2, 0.25) is 0 Å². The topological polar surface area (TPSA) is 80.8 Å². The molecule has 0 aromatic carbocycles. The number of pyridine rings is 1. The van der Waals surface area contributed by atoms with Crippen molar-refractivity contribution in [2.24, 2.45) is 12.9 Å². The Kier molecular flexibility index (Phi) is 3.47. The maximum absolute atomic E-state index is 5.32. The molecule has 0 radical (unpaired) electrons. The van der Waals surface area contributed by atoms with Crippen LogP contribution in [-0.2, 0) is 13.6 Å². The highest BCUT2D eigenvalue weighted by Crippen LogP contribution is 2.16. The van der Waals surface area contributed by atoms with Gasteiger partial charge >= 0.3 is 0 Å². The van der Waals surface area contributed by atoms with Crippen LogP contribution in [0, 0.1) is 13.8 Å². The van der Waals surface area contributed by atoms with Crippen LogP contribution < -0.4 is 16.6 Å². The van der Waals surface area contributed by atoms with Gasteiger partial charge in [0.1, 0.15) is 5.82 Å². The number of hydrazine groups is 1. The normalized spacial score (nSPS) is 10.4. The van der Waals surface area contributed by atoms with Gasteiger partial charge in [-0.3, -0.25) is 4.68 Å². The Morgan fingerprint density at radius 1 is 1.39 bits per heavy atom. The summed E-state index contributed by atoms with van der Waals surface area (Å²) in [6.45, 7) is 4.82. The molecule has 0 aliphatic rings. The van der Waals surface area contributed by atoms with E-state index in [0.717, 1.165) is 17.9 Å². The molecule has 2 aromatic heterocycles. The van der Waals surface area contributed by atoms with Crippen molar-refractivity contribution < 1.29 is 0 Å². The molecule has 96 valence electrons. The monoisotopic (exact) mass is 246 g/mol. The molecule has 0 saturated carbocycles. The Labute approximate surface area is 106 Å². The zero-order chi connectivity index (χ0) is 13.1. The number of nitrogens with zero attached hydrogens (tertiary/aromatic N) is 3. The van der Waals surface area contributed by atoms with Crippen LogP contribution in [0.4, 0.5) is 11.5 Å². The first-order valence-corrected chi connectivity index (χ1v) is 5.77. The van der Waals surface area contributed by atoms with Crippen molar-refractivity contribution in [1.82, 2.24) is 14.8 Å². The molecule has 0 atom stereocenters. The van der Waals surface area contributed by atoms with E-state index in [1.165, 1.54) is 11.3 Å². The van der Waals surface area contributed by atoms with Crippen LogP contribution in [0.5, 0.6) is 0 Å². The Morgan fingerprint density at radius 2 is 2.17 bits per heavy atom. The van der Waals surface area contributed by atoms with E-state index in [0.29, 0.717) is 5.82 Å². The highest BCUT2D eigenvalue weighted by molar-refractivity contribution is 5.51. The molecule has 0 bridgehead atoms. The predicted molar refractivity (Wildman–Crippen MR) is 72.1 cm³/mol. The second kappa shape index (κ2) is 5.05. The molecule has 0 saturated heterocycles. The number of aryl methyl sites for hydroxylation is 2. The Balaban J connectivity index is 2.11. The van der Waals surface area contributed by atoms with E-state index in [-0.39, 0.29) is 0 Å². The van der Waals surface area contributed by atoms with Gasteiger partial charge in [0.15, 0.2) is 0 Å². The quantitative estimate of drug-likeness (QED) is 0.560. The molecular formula is C12H18N6. The van der Waals surface area contributed by atoms with Crippen molar-refractivity contribution in [1.29, 1.82) is 0 Å². The maximum Gasteiger partial charge on any atom is 0.141 e. The summed E-state index contributed by atoms with van der Waals surface area (Å²) in [6, 6.07) is 3.77. The minimum Gasteiger partial charge on any atom is -0.381 e. The molecule has 2 rings (SSSR count). The van der Waals surface area contributed by atoms with Gasteiger partial charge < -0.3 is 10.7 Å². The van der Waals surface area contributed by atoms with E-state index in [2.05, 4.69) is 27.7 Å². The fraction of sp³-hybridized carbons (Fsp3) is 0.333. The standard InChI is InChI=1S/C12H18N6/c1-8-11(9(2)18(3)17-8)7-15-10-4-5-14-12(6-10)16-13/h4-6H,7,13H2,1-3H3,(H2,14,15,16). The first kappa shape index (κ1) is 12.4. The molecule has 0 aliphatic carbocycles. The molecule has 6 nitrogen and oxygen atoms in total. The predicted octanol–water partition coefficient (Wildman–Crippen LogP) is 1.33. The minimum absolute atomic E-state index is 0.639. The summed E-state index contributed by atoms with van der Waals surface area (Å²) in [5, 5.41) is 7.73. The average molecular weight is 246 g/mol. The Bertz CT molecular complexity index is 545. The number of nitrogens with two attached hydrogens (primary N) is 1. The summed E-state index contributed by atoms with van der Waals surface area (Å²) < 4.78 is 1.89. The van der Waals surface area contributed by atoms with Gasteiger partial charge in [-0.15, -0.1) is 0 Å². The molecule has 6 heteroatoms. The zero-order valence-corrected chi connectivity index (χ0v) is 10.9. The van der Waals surface area contributed by atoms with Crippen molar-refractivity contribution in [2.45, 2.75) is 20.4 Å². The summed E-state index contributed by atoms with van der Waals surface area (Å²) in [5.74, 6) is 5.96. The van der Waals surface area contributed by atoms with E-state index in [1.807, 2.05) is 30.8 Å². The minimum atomic E-state index is 0.639. The van der Waals surface area contributed by atoms with Gasteiger partial charge in [0.2, 0.25) is 0 Å². The van der Waals surface area contributed by atoms with Crippen LogP contribution >= 0.6 is 0 Å². The van der Waals surface area contributed by atoms with E-state index in [9.17, 15) is 0 Å². The van der Waals surface area contributed by atoms with E-state index in [1.54, 1.807) is 6.20 Å². The zero-order valence-electron chi connectivity index (χ0n) is 10.9. The van der Waals surface area contributed by atoms with Crippen molar-refractivity contribution >= 4 is 11.5 Å². The van der Waals surface area contributed by atoms with Crippen molar-refractivity contribution in [2.75, 3.05) is 10.7 Å². The van der Waals surface area contributed by atoms with Crippen LogP contribution in [0.15, 0.2) is 18.3 Å². The number of hydrogen-bond acceptors (Lipinski definition) is 5. The first-order valence-electron chi connectivity index (χ1n) is 5.77. The summed E-state index contributed by atoms with van der Waals surface area (Å²) in [4.78, 5) is 4.06. The average Bonchev–Trinajstić information content (AvgIpc) is 2.61. The molecule has 0 unspecified atom stereocenters. The summed E-state index contributed by atoms with van der Waals surface area (Å²) in [6.07, 6.45) is 1.71. The van der Waals surface area contributed by atoms with E-state index >= 15 is 0 Å². The van der Waals surface area contributed by atoms with Crippen LogP contribution in [0.1, 0.15) is 17.0 Å². The van der Waals surface area contributed by atoms with Gasteiger partial charge in [0.05, 0.1) is 5.69 Å². The van der Waals surface area contributed by atoms with Crippen molar-refractivity contribution in [3.05, 3.63) is 35.3 Å². The number of rotatable bonds is 4. The smallest absolute Gasteiger partial charge is 0.141 e. The number of hydrogen-bond donors (Lipinski definition) is 3. The lowest BCUT2D eigenvalue weighted by Gasteiger charge is -2.08. The summed E-state index contributed by atoms with van der Waals surface area (Å²) in [7, 11) is 1.95. The van der Waals surface area contributed by atoms with Crippen LogP contribution in [0.3, 0.4) is 0 Å². The van der Waals surface area contributed by atoms with Gasteiger partial charge in [-0.2, -0.15) is 5.10 Å². The Hall–Kier alpha value is -2.08. The van der Waals surface area contributed by atoms with Crippen molar-refractivity contribution in [3.8, 4) is 0 Å². The lowest BCUT2D eigenvalue weighted by atomic mass is 10.2. The molecule has 2 aromatic rings. The van der Waals surface area contributed by atoms with E-state index < -0.39 is 0 Å². The molecule has 2 heterocycles. The van der Waals surface area contributed by atoms with Crippen LogP contribution in [0.25, 0.3) is 0 Å². The molecular weight excluding hydrogens is 228 g/mol. The fourth-order valence-electron chi connectivity index (χ4n) is 1.88. The lowest BCUT2D eigenvalue weighted by molar-refractivity contribution is 0.730. The van der Waals surface area contributed by atoms with Gasteiger partial charge in [0.25, 0.3) is 0 Å². The molecule has 0 aliphatic heterocycles. The third kappa shape index (κ3) is 2.43. The fourth-order valence-corrected chi connectivity index (χ4v) is 1.88.